The Morgan fingerprint density at radius 2 is 2.47 bits per heavy atom. The van der Waals surface area contributed by atoms with Crippen LogP contribution in [0.4, 0.5) is 0 Å². The summed E-state index contributed by atoms with van der Waals surface area (Å²) in [7, 11) is 1.98. The molecule has 19 heavy (non-hydrogen) atoms. The molecule has 4 heteroatoms. The van der Waals surface area contributed by atoms with Crippen LogP contribution in [0.25, 0.3) is 0 Å². The van der Waals surface area contributed by atoms with Crippen molar-refractivity contribution in [1.82, 2.24) is 9.55 Å². The second-order valence-corrected chi connectivity index (χ2v) is 6.17. The first-order valence-corrected chi connectivity index (χ1v) is 7.69. The third-order valence-corrected chi connectivity index (χ3v) is 4.95. The zero-order valence-corrected chi connectivity index (χ0v) is 11.9. The topological polar surface area (TPSA) is 34.9 Å². The summed E-state index contributed by atoms with van der Waals surface area (Å²) in [5.74, 6) is 1.51. The molecule has 2 heterocycles. The van der Waals surface area contributed by atoms with E-state index < -0.39 is 0 Å². The number of thiophene rings is 1. The summed E-state index contributed by atoms with van der Waals surface area (Å²) in [4.78, 5) is 18.1. The Labute approximate surface area is 117 Å². The maximum atomic E-state index is 12.4. The van der Waals surface area contributed by atoms with Crippen LogP contribution in [-0.2, 0) is 24.7 Å². The maximum absolute atomic E-state index is 12.4. The van der Waals surface area contributed by atoms with E-state index in [1.807, 2.05) is 17.8 Å². The summed E-state index contributed by atoms with van der Waals surface area (Å²) in [5.41, 5.74) is 1.29. The smallest absolute Gasteiger partial charge is 0.140 e. The zero-order valence-electron chi connectivity index (χ0n) is 11.1. The number of ketones is 1. The number of Topliss-reactive ketones (excluding diaryl/α,β-unsaturated/α-hetero) is 1. The molecule has 1 aliphatic carbocycles. The molecule has 0 aliphatic heterocycles. The first kappa shape index (κ1) is 12.6. The van der Waals surface area contributed by atoms with E-state index in [4.69, 9.17) is 0 Å². The molecule has 1 aliphatic rings. The van der Waals surface area contributed by atoms with E-state index in [0.717, 1.165) is 31.5 Å². The third-order valence-electron chi connectivity index (χ3n) is 3.96. The predicted molar refractivity (Wildman–Crippen MR) is 76.5 cm³/mol. The number of rotatable bonds is 4. The number of fused-ring (bicyclic) bond motifs is 1. The molecule has 1 unspecified atom stereocenters. The fourth-order valence-electron chi connectivity index (χ4n) is 2.87. The summed E-state index contributed by atoms with van der Waals surface area (Å²) in [6.45, 7) is 0. The van der Waals surface area contributed by atoms with Crippen LogP contribution in [-0.4, -0.2) is 15.3 Å². The standard InChI is InChI=1S/C15H18N2OS/c1-17-9-8-16-15(17)6-5-13(18)11-3-2-4-14-12(11)7-10-19-14/h7-11H,2-6H2,1H3. The van der Waals surface area contributed by atoms with Gasteiger partial charge in [-0.2, -0.15) is 0 Å². The number of nitrogens with zero attached hydrogens (tertiary/aromatic N) is 2. The minimum absolute atomic E-state index is 0.135. The van der Waals surface area contributed by atoms with E-state index in [2.05, 4.69) is 16.4 Å². The second-order valence-electron chi connectivity index (χ2n) is 5.16. The quantitative estimate of drug-likeness (QED) is 0.858. The predicted octanol–water partition coefficient (Wildman–Crippen LogP) is 3.10. The van der Waals surface area contributed by atoms with Gasteiger partial charge in [0.25, 0.3) is 0 Å². The molecule has 0 fully saturated rings. The van der Waals surface area contributed by atoms with Crippen LogP contribution < -0.4 is 0 Å². The molecule has 0 spiro atoms. The summed E-state index contributed by atoms with van der Waals surface area (Å²) in [6.07, 6.45) is 8.38. The van der Waals surface area contributed by atoms with Crippen molar-refractivity contribution < 1.29 is 4.79 Å². The van der Waals surface area contributed by atoms with Gasteiger partial charge in [0.15, 0.2) is 0 Å². The van der Waals surface area contributed by atoms with Crippen molar-refractivity contribution in [3.8, 4) is 0 Å². The van der Waals surface area contributed by atoms with Gasteiger partial charge in [-0.3, -0.25) is 4.79 Å². The minimum atomic E-state index is 0.135. The average molecular weight is 274 g/mol. The largest absolute Gasteiger partial charge is 0.338 e. The molecule has 1 atom stereocenters. The van der Waals surface area contributed by atoms with Gasteiger partial charge in [-0.25, -0.2) is 4.98 Å². The van der Waals surface area contributed by atoms with E-state index in [-0.39, 0.29) is 5.92 Å². The number of aromatic nitrogens is 2. The van der Waals surface area contributed by atoms with Crippen molar-refractivity contribution in [1.29, 1.82) is 0 Å². The number of hydrogen-bond donors (Lipinski definition) is 0. The summed E-state index contributed by atoms with van der Waals surface area (Å²) < 4.78 is 1.99. The lowest BCUT2D eigenvalue weighted by molar-refractivity contribution is -0.120. The van der Waals surface area contributed by atoms with Crippen LogP contribution in [0.3, 0.4) is 0 Å². The normalized spacial score (nSPS) is 18.3. The highest BCUT2D eigenvalue weighted by molar-refractivity contribution is 7.10. The molecule has 0 N–H and O–H groups in total. The van der Waals surface area contributed by atoms with Gasteiger partial charge < -0.3 is 4.57 Å². The van der Waals surface area contributed by atoms with Crippen molar-refractivity contribution in [2.75, 3.05) is 0 Å². The molecule has 100 valence electrons. The van der Waals surface area contributed by atoms with Gasteiger partial charge in [0.05, 0.1) is 0 Å². The average Bonchev–Trinajstić information content (AvgIpc) is 3.04. The molecule has 0 saturated heterocycles. The van der Waals surface area contributed by atoms with Crippen LogP contribution in [0.1, 0.15) is 41.4 Å². The highest BCUT2D eigenvalue weighted by Crippen LogP contribution is 2.36. The van der Waals surface area contributed by atoms with Crippen LogP contribution in [0.15, 0.2) is 23.8 Å². The van der Waals surface area contributed by atoms with Crippen molar-refractivity contribution in [3.63, 3.8) is 0 Å². The van der Waals surface area contributed by atoms with Crippen LogP contribution in [0.5, 0.6) is 0 Å². The molecule has 0 aromatic carbocycles. The van der Waals surface area contributed by atoms with Gasteiger partial charge in [-0.1, -0.05) is 0 Å². The van der Waals surface area contributed by atoms with Crippen LogP contribution in [0.2, 0.25) is 0 Å². The Morgan fingerprint density at radius 3 is 3.26 bits per heavy atom. The Morgan fingerprint density at radius 1 is 1.58 bits per heavy atom. The van der Waals surface area contributed by atoms with Crippen molar-refractivity contribution in [3.05, 3.63) is 40.1 Å². The lowest BCUT2D eigenvalue weighted by Crippen LogP contribution is -2.18. The van der Waals surface area contributed by atoms with Crippen molar-refractivity contribution in [2.45, 2.75) is 38.0 Å². The SMILES string of the molecule is Cn1ccnc1CCC(=O)C1CCCc2sccc21. The minimum Gasteiger partial charge on any atom is -0.338 e. The molecule has 0 amide bonds. The fraction of sp³-hybridized carbons (Fsp3) is 0.467. The first-order valence-electron chi connectivity index (χ1n) is 6.81. The molecule has 2 aromatic heterocycles. The van der Waals surface area contributed by atoms with E-state index in [9.17, 15) is 4.79 Å². The zero-order chi connectivity index (χ0) is 13.2. The number of imidazole rings is 1. The van der Waals surface area contributed by atoms with E-state index >= 15 is 0 Å². The number of hydrogen-bond acceptors (Lipinski definition) is 3. The van der Waals surface area contributed by atoms with Gasteiger partial charge in [0.2, 0.25) is 0 Å². The Hall–Kier alpha value is -1.42. The lowest BCUT2D eigenvalue weighted by atomic mass is 9.83. The molecule has 2 aromatic rings. The van der Waals surface area contributed by atoms with Gasteiger partial charge in [-0.15, -0.1) is 11.3 Å². The number of carbonyl (C=O) groups is 1. The maximum Gasteiger partial charge on any atom is 0.140 e. The van der Waals surface area contributed by atoms with Crippen molar-refractivity contribution >= 4 is 17.1 Å². The summed E-state index contributed by atoms with van der Waals surface area (Å²) >= 11 is 1.80. The second kappa shape index (κ2) is 5.29. The molecular formula is C15H18N2OS. The number of aryl methyl sites for hydroxylation is 3. The molecule has 0 saturated carbocycles. The lowest BCUT2D eigenvalue weighted by Gasteiger charge is -2.21. The van der Waals surface area contributed by atoms with Gasteiger partial charge >= 0.3 is 0 Å². The van der Waals surface area contributed by atoms with Gasteiger partial charge in [0, 0.05) is 43.1 Å². The monoisotopic (exact) mass is 274 g/mol. The highest BCUT2D eigenvalue weighted by atomic mass is 32.1. The molecule has 3 rings (SSSR count). The Kier molecular flexibility index (Phi) is 3.51. The van der Waals surface area contributed by atoms with Gasteiger partial charge in [0.1, 0.15) is 11.6 Å². The van der Waals surface area contributed by atoms with E-state index in [0.29, 0.717) is 12.2 Å². The molecule has 0 radical (unpaired) electrons. The third kappa shape index (κ3) is 2.50. The Balaban J connectivity index is 1.68. The number of carbonyl (C=O) groups excluding carboxylic acids is 1. The first-order chi connectivity index (χ1) is 9.25. The fourth-order valence-corrected chi connectivity index (χ4v) is 3.85. The van der Waals surface area contributed by atoms with E-state index in [1.165, 1.54) is 10.4 Å². The molecule has 0 bridgehead atoms. The van der Waals surface area contributed by atoms with Gasteiger partial charge in [-0.05, 0) is 36.3 Å². The highest BCUT2D eigenvalue weighted by Gasteiger charge is 2.26. The van der Waals surface area contributed by atoms with Crippen molar-refractivity contribution in [2.24, 2.45) is 7.05 Å². The van der Waals surface area contributed by atoms with Crippen LogP contribution >= 0.6 is 11.3 Å². The summed E-state index contributed by atoms with van der Waals surface area (Å²) in [5, 5.41) is 2.12. The van der Waals surface area contributed by atoms with E-state index in [1.54, 1.807) is 17.5 Å². The Bertz CT molecular complexity index is 584. The van der Waals surface area contributed by atoms with Crippen LogP contribution in [0, 0.1) is 0 Å². The summed E-state index contributed by atoms with van der Waals surface area (Å²) in [6, 6.07) is 2.14. The molecular weight excluding hydrogens is 256 g/mol. The molecule has 3 nitrogen and oxygen atoms in total.